The van der Waals surface area contributed by atoms with Crippen molar-refractivity contribution in [3.8, 4) is 11.1 Å². The van der Waals surface area contributed by atoms with E-state index in [-0.39, 0.29) is 10.6 Å². The van der Waals surface area contributed by atoms with E-state index in [9.17, 15) is 31.2 Å². The van der Waals surface area contributed by atoms with E-state index in [1.807, 2.05) is 0 Å². The van der Waals surface area contributed by atoms with Crippen LogP contribution in [0.4, 0.5) is 13.2 Å². The first kappa shape index (κ1) is 24.4. The minimum Gasteiger partial charge on any atom is -0.386 e. The number of esters is 2. The summed E-state index contributed by atoms with van der Waals surface area (Å²) in [6.45, 7) is 4.84. The molecular formula is C21H20F3N3O5S. The van der Waals surface area contributed by atoms with Gasteiger partial charge in [0.25, 0.3) is 0 Å². The number of nitrogens with zero attached hydrogens (tertiary/aromatic N) is 1. The zero-order valence-corrected chi connectivity index (χ0v) is 18.5. The molecule has 1 aromatic carbocycles. The summed E-state index contributed by atoms with van der Waals surface area (Å²) in [6.07, 6.45) is -3.83. The maximum Gasteiger partial charge on any atom is 0.491 e. The minimum atomic E-state index is -5.31. The number of primary sulfonamides is 1. The molecule has 33 heavy (non-hydrogen) atoms. The molecule has 0 fully saturated rings. The first-order valence-electron chi connectivity index (χ1n) is 9.53. The van der Waals surface area contributed by atoms with Gasteiger partial charge in [-0.05, 0) is 40.8 Å². The Morgan fingerprint density at radius 3 is 2.21 bits per heavy atom. The topological polar surface area (TPSA) is 132 Å². The van der Waals surface area contributed by atoms with Gasteiger partial charge < -0.3 is 9.72 Å². The molecule has 8 nitrogen and oxygen atoms in total. The largest absolute Gasteiger partial charge is 0.491 e. The Kier molecular flexibility index (Phi) is 6.11. The van der Waals surface area contributed by atoms with E-state index < -0.39 is 39.5 Å². The van der Waals surface area contributed by atoms with E-state index in [0.29, 0.717) is 22.2 Å². The molecule has 176 valence electrons. The SMILES string of the molecule is CC(C)(C)C(C(=O)OC(=O)C(F)(F)F)c1cc2c(-c3ccc(S(N)(=O)=O)cc3)ccnc2[nH]1. The standard InChI is InChI=1S/C21H20F3N3O5S/c1-20(2,3)16(18(28)32-19(29)21(22,23)24)15-10-14-13(8-9-26-17(14)27-15)11-4-6-12(7-5-11)33(25,30)31/h4-10,16H,1-3H3,(H,26,27)(H2,25,30,31). The van der Waals surface area contributed by atoms with Gasteiger partial charge in [-0.1, -0.05) is 32.9 Å². The molecule has 3 aromatic rings. The van der Waals surface area contributed by atoms with Gasteiger partial charge in [-0.2, -0.15) is 13.2 Å². The van der Waals surface area contributed by atoms with Crippen LogP contribution in [0.15, 0.2) is 47.5 Å². The number of H-pyrrole nitrogens is 1. The fraction of sp³-hybridized carbons (Fsp3) is 0.286. The highest BCUT2D eigenvalue weighted by Gasteiger charge is 2.45. The van der Waals surface area contributed by atoms with E-state index in [2.05, 4.69) is 14.7 Å². The number of carbonyl (C=O) groups is 2. The molecular weight excluding hydrogens is 463 g/mol. The second-order valence-electron chi connectivity index (χ2n) is 8.42. The number of alkyl halides is 3. The normalized spacial score (nSPS) is 13.7. The predicted molar refractivity (Wildman–Crippen MR) is 112 cm³/mol. The molecule has 2 heterocycles. The highest BCUT2D eigenvalue weighted by molar-refractivity contribution is 7.89. The number of pyridine rings is 1. The van der Waals surface area contributed by atoms with Crippen molar-refractivity contribution in [3.63, 3.8) is 0 Å². The molecule has 0 bridgehead atoms. The number of hydrogen-bond acceptors (Lipinski definition) is 6. The van der Waals surface area contributed by atoms with Gasteiger partial charge in [0, 0.05) is 17.3 Å². The van der Waals surface area contributed by atoms with Crippen LogP contribution < -0.4 is 5.14 Å². The van der Waals surface area contributed by atoms with Gasteiger partial charge in [-0.3, -0.25) is 4.79 Å². The smallest absolute Gasteiger partial charge is 0.386 e. The van der Waals surface area contributed by atoms with Gasteiger partial charge in [0.1, 0.15) is 11.6 Å². The summed E-state index contributed by atoms with van der Waals surface area (Å²) in [5, 5.41) is 5.65. The summed E-state index contributed by atoms with van der Waals surface area (Å²) in [4.78, 5) is 30.8. The first-order valence-corrected chi connectivity index (χ1v) is 11.1. The summed E-state index contributed by atoms with van der Waals surface area (Å²) in [7, 11) is -3.88. The highest BCUT2D eigenvalue weighted by Crippen LogP contribution is 2.39. The van der Waals surface area contributed by atoms with Crippen molar-refractivity contribution >= 4 is 33.0 Å². The average Bonchev–Trinajstić information content (AvgIpc) is 3.08. The number of rotatable bonds is 4. The van der Waals surface area contributed by atoms with E-state index in [0.717, 1.165) is 0 Å². The summed E-state index contributed by atoms with van der Waals surface area (Å²) >= 11 is 0. The van der Waals surface area contributed by atoms with Crippen LogP contribution in [0.1, 0.15) is 32.4 Å². The number of aromatic amines is 1. The third kappa shape index (κ3) is 5.22. The number of carbonyl (C=O) groups excluding carboxylic acids is 2. The van der Waals surface area contributed by atoms with Crippen molar-refractivity contribution in [1.82, 2.24) is 9.97 Å². The number of fused-ring (bicyclic) bond motifs is 1. The van der Waals surface area contributed by atoms with Crippen LogP contribution in [0.3, 0.4) is 0 Å². The third-order valence-corrected chi connectivity index (χ3v) is 5.81. The minimum absolute atomic E-state index is 0.0730. The van der Waals surface area contributed by atoms with E-state index >= 15 is 0 Å². The number of aromatic nitrogens is 2. The zero-order chi connectivity index (χ0) is 24.8. The fourth-order valence-electron chi connectivity index (χ4n) is 3.43. The Morgan fingerprint density at radius 2 is 1.70 bits per heavy atom. The Hall–Kier alpha value is -3.25. The lowest BCUT2D eigenvalue weighted by atomic mass is 9.78. The van der Waals surface area contributed by atoms with Gasteiger partial charge in [0.15, 0.2) is 0 Å². The summed E-state index contributed by atoms with van der Waals surface area (Å²) in [6, 6.07) is 8.95. The van der Waals surface area contributed by atoms with Crippen LogP contribution in [0, 0.1) is 5.41 Å². The fourth-order valence-corrected chi connectivity index (χ4v) is 3.95. The first-order chi connectivity index (χ1) is 15.1. The molecule has 3 N–H and O–H groups in total. The number of benzene rings is 1. The van der Waals surface area contributed by atoms with Crippen LogP contribution in [0.5, 0.6) is 0 Å². The highest BCUT2D eigenvalue weighted by atomic mass is 32.2. The van der Waals surface area contributed by atoms with Gasteiger partial charge >= 0.3 is 18.1 Å². The van der Waals surface area contributed by atoms with Crippen LogP contribution >= 0.6 is 0 Å². The molecule has 0 saturated carbocycles. The van der Waals surface area contributed by atoms with E-state index in [1.165, 1.54) is 18.3 Å². The molecule has 0 radical (unpaired) electrons. The Morgan fingerprint density at radius 1 is 1.09 bits per heavy atom. The van der Waals surface area contributed by atoms with Crippen LogP contribution in [-0.4, -0.2) is 36.5 Å². The van der Waals surface area contributed by atoms with E-state index in [4.69, 9.17) is 5.14 Å². The Bertz CT molecular complexity index is 1320. The molecule has 2 aromatic heterocycles. The number of hydrogen-bond donors (Lipinski definition) is 2. The maximum absolute atomic E-state index is 12.6. The zero-order valence-electron chi connectivity index (χ0n) is 17.7. The van der Waals surface area contributed by atoms with Crippen molar-refractivity contribution in [1.29, 1.82) is 0 Å². The molecule has 3 rings (SSSR count). The lowest BCUT2D eigenvalue weighted by Crippen LogP contribution is -2.34. The van der Waals surface area contributed by atoms with Crippen molar-refractivity contribution in [2.75, 3.05) is 0 Å². The molecule has 1 unspecified atom stereocenters. The number of nitrogens with one attached hydrogen (secondary N) is 1. The Balaban J connectivity index is 2.06. The van der Waals surface area contributed by atoms with E-state index in [1.54, 1.807) is 45.0 Å². The molecule has 1 atom stereocenters. The molecule has 0 saturated heterocycles. The van der Waals surface area contributed by atoms with Crippen LogP contribution in [0.2, 0.25) is 0 Å². The van der Waals surface area contributed by atoms with Crippen LogP contribution in [-0.2, 0) is 24.3 Å². The number of nitrogens with two attached hydrogens (primary N) is 1. The molecule has 0 aliphatic carbocycles. The average molecular weight is 483 g/mol. The molecule has 0 aliphatic rings. The molecule has 0 amide bonds. The summed E-state index contributed by atoms with van der Waals surface area (Å²) in [5.41, 5.74) is 0.861. The quantitative estimate of drug-likeness (QED) is 0.430. The third-order valence-electron chi connectivity index (χ3n) is 4.88. The maximum atomic E-state index is 12.6. The summed E-state index contributed by atoms with van der Waals surface area (Å²) < 4.78 is 64.9. The lowest BCUT2D eigenvalue weighted by molar-refractivity contribution is -0.203. The van der Waals surface area contributed by atoms with Crippen molar-refractivity contribution in [2.45, 2.75) is 37.8 Å². The summed E-state index contributed by atoms with van der Waals surface area (Å²) in [5.74, 6) is -5.18. The second kappa shape index (κ2) is 8.27. The molecule has 0 spiro atoms. The molecule has 12 heteroatoms. The van der Waals surface area contributed by atoms with Gasteiger partial charge in [-0.25, -0.2) is 23.3 Å². The van der Waals surface area contributed by atoms with Gasteiger partial charge in [0.2, 0.25) is 10.0 Å². The predicted octanol–water partition coefficient (Wildman–Crippen LogP) is 3.64. The molecule has 0 aliphatic heterocycles. The second-order valence-corrected chi connectivity index (χ2v) is 9.98. The Labute approximate surface area is 187 Å². The van der Waals surface area contributed by atoms with Crippen molar-refractivity contribution in [3.05, 3.63) is 48.3 Å². The van der Waals surface area contributed by atoms with Gasteiger partial charge in [-0.15, -0.1) is 0 Å². The van der Waals surface area contributed by atoms with Crippen molar-refractivity contribution in [2.24, 2.45) is 10.6 Å². The number of sulfonamides is 1. The monoisotopic (exact) mass is 483 g/mol. The van der Waals surface area contributed by atoms with Crippen molar-refractivity contribution < 1.29 is 35.9 Å². The van der Waals surface area contributed by atoms with Crippen LogP contribution in [0.25, 0.3) is 22.2 Å². The van der Waals surface area contributed by atoms with Gasteiger partial charge in [0.05, 0.1) is 4.90 Å². The number of halogens is 3. The lowest BCUT2D eigenvalue weighted by Gasteiger charge is -2.27. The number of ether oxygens (including phenoxy) is 1.